The fraction of sp³-hybridized carbons (Fsp3) is 0.375. The Labute approximate surface area is 130 Å². The van der Waals surface area contributed by atoms with Crippen LogP contribution < -0.4 is 10.6 Å². The van der Waals surface area contributed by atoms with Crippen LogP contribution in [-0.2, 0) is 0 Å². The molecular weight excluding hydrogens is 280 g/mol. The van der Waals surface area contributed by atoms with E-state index in [0.717, 1.165) is 11.3 Å². The number of pyridine rings is 1. The zero-order valence-electron chi connectivity index (χ0n) is 13.1. The van der Waals surface area contributed by atoms with E-state index in [1.807, 2.05) is 50.2 Å². The van der Waals surface area contributed by atoms with E-state index >= 15 is 0 Å². The molecule has 0 unspecified atom stereocenters. The number of carbonyl (C=O) groups excluding carboxylic acids is 1. The van der Waals surface area contributed by atoms with Crippen molar-refractivity contribution in [1.82, 2.24) is 20.5 Å². The molecule has 0 fully saturated rings. The minimum absolute atomic E-state index is 0.00514. The molecule has 118 valence electrons. The van der Waals surface area contributed by atoms with Gasteiger partial charge in [0, 0.05) is 18.9 Å². The Hall–Kier alpha value is -2.34. The number of carbonyl (C=O) groups is 1. The Balaban J connectivity index is 1.86. The zero-order chi connectivity index (χ0) is 15.9. The highest BCUT2D eigenvalue weighted by atomic mass is 16.3. The third kappa shape index (κ3) is 4.33. The second-order valence-corrected chi connectivity index (χ2v) is 5.36. The molecule has 0 bridgehead atoms. The quantitative estimate of drug-likeness (QED) is 0.859. The number of hydrogen-bond acceptors (Lipinski definition) is 4. The summed E-state index contributed by atoms with van der Waals surface area (Å²) in [7, 11) is 3.90. The zero-order valence-corrected chi connectivity index (χ0v) is 13.1. The summed E-state index contributed by atoms with van der Waals surface area (Å²) >= 11 is 0. The highest BCUT2D eigenvalue weighted by Gasteiger charge is 2.18. The minimum atomic E-state index is -0.213. The summed E-state index contributed by atoms with van der Waals surface area (Å²) in [6.07, 6.45) is 5.09. The largest absolute Gasteiger partial charge is 0.468 e. The Bertz CT molecular complexity index is 569. The topological polar surface area (TPSA) is 70.4 Å². The maximum absolute atomic E-state index is 12.0. The molecule has 0 spiro atoms. The molecule has 0 saturated carbocycles. The summed E-state index contributed by atoms with van der Waals surface area (Å²) in [6.45, 7) is 2.39. The van der Waals surface area contributed by atoms with Crippen LogP contribution in [0.25, 0.3) is 0 Å². The summed E-state index contributed by atoms with van der Waals surface area (Å²) in [5, 5.41) is 5.78. The second kappa shape index (κ2) is 7.61. The predicted molar refractivity (Wildman–Crippen MR) is 84.3 cm³/mol. The number of urea groups is 1. The summed E-state index contributed by atoms with van der Waals surface area (Å²) < 4.78 is 5.42. The van der Waals surface area contributed by atoms with Gasteiger partial charge in [0.25, 0.3) is 0 Å². The minimum Gasteiger partial charge on any atom is -0.468 e. The number of nitrogens with one attached hydrogen (secondary N) is 2. The third-order valence-electron chi connectivity index (χ3n) is 3.48. The number of hydrogen-bond donors (Lipinski definition) is 2. The van der Waals surface area contributed by atoms with Gasteiger partial charge in [-0.3, -0.25) is 9.88 Å². The molecule has 0 aromatic carbocycles. The van der Waals surface area contributed by atoms with Crippen LogP contribution in [-0.4, -0.2) is 36.6 Å². The van der Waals surface area contributed by atoms with Crippen molar-refractivity contribution >= 4 is 6.03 Å². The average molecular weight is 302 g/mol. The van der Waals surface area contributed by atoms with Crippen molar-refractivity contribution in [1.29, 1.82) is 0 Å². The van der Waals surface area contributed by atoms with E-state index in [0.29, 0.717) is 6.54 Å². The van der Waals surface area contributed by atoms with Gasteiger partial charge >= 0.3 is 6.03 Å². The van der Waals surface area contributed by atoms with Gasteiger partial charge in [-0.15, -0.1) is 0 Å². The van der Waals surface area contributed by atoms with E-state index in [1.54, 1.807) is 18.7 Å². The van der Waals surface area contributed by atoms with Crippen LogP contribution in [0.2, 0.25) is 0 Å². The Morgan fingerprint density at radius 2 is 2.18 bits per heavy atom. The molecule has 2 rings (SSSR count). The molecule has 2 aromatic heterocycles. The number of rotatable bonds is 6. The van der Waals surface area contributed by atoms with Crippen molar-refractivity contribution in [2.24, 2.45) is 0 Å². The Kier molecular flexibility index (Phi) is 5.55. The summed E-state index contributed by atoms with van der Waals surface area (Å²) in [6, 6.07) is 7.21. The molecular formula is C16H22N4O2. The lowest BCUT2D eigenvalue weighted by Crippen LogP contribution is -2.41. The molecule has 2 atom stereocenters. The van der Waals surface area contributed by atoms with E-state index in [1.165, 1.54) is 0 Å². The molecule has 2 aromatic rings. The first-order valence-electron chi connectivity index (χ1n) is 7.22. The average Bonchev–Trinajstić information content (AvgIpc) is 3.02. The normalized spacial score (nSPS) is 13.6. The molecule has 0 saturated heterocycles. The second-order valence-electron chi connectivity index (χ2n) is 5.36. The molecule has 6 nitrogen and oxygen atoms in total. The van der Waals surface area contributed by atoms with E-state index in [9.17, 15) is 4.79 Å². The Morgan fingerprint density at radius 3 is 2.77 bits per heavy atom. The SMILES string of the molecule is C[C@@H](NC(=O)NC[C@@H](c1ccco1)N(C)C)c1cccnc1. The van der Waals surface area contributed by atoms with Gasteiger partial charge in [0.2, 0.25) is 0 Å². The van der Waals surface area contributed by atoms with Crippen LogP contribution in [0.4, 0.5) is 4.79 Å². The first kappa shape index (κ1) is 16.0. The molecule has 6 heteroatoms. The fourth-order valence-corrected chi connectivity index (χ4v) is 2.17. The van der Waals surface area contributed by atoms with Crippen LogP contribution in [0.1, 0.15) is 30.3 Å². The lowest BCUT2D eigenvalue weighted by atomic mass is 10.1. The maximum atomic E-state index is 12.0. The van der Waals surface area contributed by atoms with Crippen molar-refractivity contribution in [3.63, 3.8) is 0 Å². The lowest BCUT2D eigenvalue weighted by Gasteiger charge is -2.23. The molecule has 22 heavy (non-hydrogen) atoms. The summed E-state index contributed by atoms with van der Waals surface area (Å²) in [5.74, 6) is 0.825. The van der Waals surface area contributed by atoms with E-state index in [-0.39, 0.29) is 18.1 Å². The number of aromatic nitrogens is 1. The van der Waals surface area contributed by atoms with Crippen molar-refractivity contribution in [3.8, 4) is 0 Å². The van der Waals surface area contributed by atoms with Gasteiger partial charge in [-0.2, -0.15) is 0 Å². The molecule has 0 aliphatic carbocycles. The van der Waals surface area contributed by atoms with E-state index in [4.69, 9.17) is 4.42 Å². The maximum Gasteiger partial charge on any atom is 0.315 e. The molecule has 2 N–H and O–H groups in total. The fourth-order valence-electron chi connectivity index (χ4n) is 2.17. The number of nitrogens with zero attached hydrogens (tertiary/aromatic N) is 2. The smallest absolute Gasteiger partial charge is 0.315 e. The predicted octanol–water partition coefficient (Wildman–Crippen LogP) is 2.34. The lowest BCUT2D eigenvalue weighted by molar-refractivity contribution is 0.223. The first-order valence-corrected chi connectivity index (χ1v) is 7.22. The molecule has 0 aliphatic heterocycles. The van der Waals surface area contributed by atoms with Gasteiger partial charge in [0.15, 0.2) is 0 Å². The van der Waals surface area contributed by atoms with Crippen LogP contribution in [0.3, 0.4) is 0 Å². The van der Waals surface area contributed by atoms with Crippen LogP contribution in [0.5, 0.6) is 0 Å². The van der Waals surface area contributed by atoms with Crippen LogP contribution in [0, 0.1) is 0 Å². The number of furan rings is 1. The van der Waals surface area contributed by atoms with Crippen LogP contribution >= 0.6 is 0 Å². The van der Waals surface area contributed by atoms with Gasteiger partial charge in [0.1, 0.15) is 5.76 Å². The molecule has 2 amide bonds. The summed E-state index contributed by atoms with van der Waals surface area (Å²) in [4.78, 5) is 18.1. The van der Waals surface area contributed by atoms with E-state index < -0.39 is 0 Å². The van der Waals surface area contributed by atoms with Gasteiger partial charge < -0.3 is 15.1 Å². The van der Waals surface area contributed by atoms with Crippen molar-refractivity contribution in [2.75, 3.05) is 20.6 Å². The highest BCUT2D eigenvalue weighted by Crippen LogP contribution is 2.17. The number of likely N-dealkylation sites (N-methyl/N-ethyl adjacent to an activating group) is 1. The van der Waals surface area contributed by atoms with Gasteiger partial charge in [-0.05, 0) is 44.8 Å². The Morgan fingerprint density at radius 1 is 1.36 bits per heavy atom. The first-order chi connectivity index (χ1) is 10.6. The van der Waals surface area contributed by atoms with Gasteiger partial charge in [-0.1, -0.05) is 6.07 Å². The number of amides is 2. The van der Waals surface area contributed by atoms with Crippen molar-refractivity contribution in [2.45, 2.75) is 19.0 Å². The van der Waals surface area contributed by atoms with Crippen molar-refractivity contribution in [3.05, 3.63) is 54.2 Å². The van der Waals surface area contributed by atoms with Gasteiger partial charge in [0.05, 0.1) is 18.3 Å². The monoisotopic (exact) mass is 302 g/mol. The standard InChI is InChI=1S/C16H22N4O2/c1-12(13-6-4-8-17-10-13)19-16(21)18-11-14(20(2)3)15-7-5-9-22-15/h4-10,12,14H,11H2,1-3H3,(H2,18,19,21)/t12-,14+/m1/s1. The van der Waals surface area contributed by atoms with Crippen LogP contribution in [0.15, 0.2) is 47.3 Å². The highest BCUT2D eigenvalue weighted by molar-refractivity contribution is 5.74. The van der Waals surface area contributed by atoms with Gasteiger partial charge in [-0.25, -0.2) is 4.79 Å². The molecule has 0 radical (unpaired) electrons. The molecule has 0 aliphatic rings. The van der Waals surface area contributed by atoms with Crippen molar-refractivity contribution < 1.29 is 9.21 Å². The van der Waals surface area contributed by atoms with E-state index in [2.05, 4.69) is 15.6 Å². The third-order valence-corrected chi connectivity index (χ3v) is 3.48. The summed E-state index contributed by atoms with van der Waals surface area (Å²) in [5.41, 5.74) is 0.966. The molecule has 2 heterocycles.